The molecule has 0 amide bonds. The summed E-state index contributed by atoms with van der Waals surface area (Å²) in [6.45, 7) is 27.8. The van der Waals surface area contributed by atoms with E-state index in [1.165, 1.54) is 85.4 Å². The summed E-state index contributed by atoms with van der Waals surface area (Å²) < 4.78 is 0. The molecule has 2 aliphatic rings. The fourth-order valence-electron chi connectivity index (χ4n) is 6.59. The van der Waals surface area contributed by atoms with Crippen LogP contribution in [0, 0.1) is 32.6 Å². The van der Waals surface area contributed by atoms with Crippen LogP contribution in [-0.2, 0) is 6.42 Å². The van der Waals surface area contributed by atoms with Gasteiger partial charge in [-0.3, -0.25) is 0 Å². The lowest BCUT2D eigenvalue weighted by Gasteiger charge is -2.41. The van der Waals surface area contributed by atoms with Gasteiger partial charge in [0.15, 0.2) is 0 Å². The standard InChI is InChI=1S/C36H48ClN3.2C2H6.C2H4/c1-26-13-15-35(34(37)20-26)38(5)33-11-7-10-32(23-33)22-30-16-18-39(19-17-30)24-29(4)40(25-31-8-6-9-31)36-21-27(2)12-14-28(36)3;3*1-2/h7,10-15,20-21,23,29-31H,6,8-9,16-19,22,24-25H2,1-5H3;2*1-2H3;1-2H2. The van der Waals surface area contributed by atoms with Gasteiger partial charge >= 0.3 is 0 Å². The molecule has 0 bridgehead atoms. The highest BCUT2D eigenvalue weighted by molar-refractivity contribution is 6.33. The van der Waals surface area contributed by atoms with Crippen LogP contribution in [0.3, 0.4) is 0 Å². The van der Waals surface area contributed by atoms with Gasteiger partial charge < -0.3 is 14.7 Å². The fraction of sp³-hybridized carbons (Fsp3) is 0.524. The van der Waals surface area contributed by atoms with E-state index in [0.717, 1.165) is 35.5 Å². The van der Waals surface area contributed by atoms with Crippen LogP contribution in [0.25, 0.3) is 0 Å². The van der Waals surface area contributed by atoms with Gasteiger partial charge in [-0.25, -0.2) is 0 Å². The summed E-state index contributed by atoms with van der Waals surface area (Å²) in [5.74, 6) is 1.62. The van der Waals surface area contributed by atoms with Crippen molar-refractivity contribution in [1.29, 1.82) is 0 Å². The summed E-state index contributed by atoms with van der Waals surface area (Å²) in [5.41, 5.74) is 9.10. The summed E-state index contributed by atoms with van der Waals surface area (Å²) in [6, 6.07) is 22.8. The quantitative estimate of drug-likeness (QED) is 0.203. The van der Waals surface area contributed by atoms with Crippen LogP contribution in [0.1, 0.15) is 89.0 Å². The smallest absolute Gasteiger partial charge is 0.0645 e. The van der Waals surface area contributed by atoms with Crippen LogP contribution in [0.15, 0.2) is 73.8 Å². The molecule has 46 heavy (non-hydrogen) atoms. The number of aryl methyl sites for hydroxylation is 3. The number of halogens is 1. The summed E-state index contributed by atoms with van der Waals surface area (Å²) in [6.07, 6.45) is 7.92. The number of hydrogen-bond acceptors (Lipinski definition) is 3. The first-order valence-electron chi connectivity index (χ1n) is 17.9. The van der Waals surface area contributed by atoms with Crippen LogP contribution < -0.4 is 9.80 Å². The maximum Gasteiger partial charge on any atom is 0.0645 e. The molecule has 1 aliphatic carbocycles. The molecule has 1 aliphatic heterocycles. The Labute approximate surface area is 288 Å². The minimum absolute atomic E-state index is 0.526. The first-order valence-corrected chi connectivity index (χ1v) is 18.3. The predicted molar refractivity (Wildman–Crippen MR) is 208 cm³/mol. The van der Waals surface area contributed by atoms with E-state index in [2.05, 4.69) is 117 Å². The number of anilines is 3. The van der Waals surface area contributed by atoms with Gasteiger partial charge in [-0.05, 0) is 137 Å². The SMILES string of the molecule is C=C.CC.CC.Cc1ccc(N(C)c2cccc(CC3CCN(CC(C)N(CC4CCC4)c4cc(C)ccc4C)CC3)c2)c(Cl)c1. The molecule has 0 N–H and O–H groups in total. The third kappa shape index (κ3) is 11.2. The normalized spacial score (nSPS) is 15.5. The minimum atomic E-state index is 0.526. The number of rotatable bonds is 10. The Hall–Kier alpha value is -2.75. The van der Waals surface area contributed by atoms with Crippen molar-refractivity contribution in [3.63, 3.8) is 0 Å². The maximum absolute atomic E-state index is 6.57. The summed E-state index contributed by atoms with van der Waals surface area (Å²) >= 11 is 6.57. The van der Waals surface area contributed by atoms with E-state index in [1.54, 1.807) is 0 Å². The van der Waals surface area contributed by atoms with Crippen LogP contribution in [0.2, 0.25) is 5.02 Å². The first kappa shape index (κ1) is 39.4. The van der Waals surface area contributed by atoms with E-state index in [9.17, 15) is 0 Å². The Balaban J connectivity index is 0.00000116. The topological polar surface area (TPSA) is 9.72 Å². The van der Waals surface area contributed by atoms with Crippen LogP contribution in [-0.4, -0.2) is 44.2 Å². The Bertz CT molecular complexity index is 1290. The number of likely N-dealkylation sites (tertiary alicyclic amines) is 1. The summed E-state index contributed by atoms with van der Waals surface area (Å²) in [5, 5.41) is 0.804. The van der Waals surface area contributed by atoms with Crippen molar-refractivity contribution in [1.82, 2.24) is 4.90 Å². The van der Waals surface area contributed by atoms with Crippen LogP contribution in [0.5, 0.6) is 0 Å². The molecule has 1 heterocycles. The molecule has 0 radical (unpaired) electrons. The monoisotopic (exact) mass is 645 g/mol. The van der Waals surface area contributed by atoms with E-state index >= 15 is 0 Å². The second-order valence-corrected chi connectivity index (χ2v) is 13.1. The highest BCUT2D eigenvalue weighted by Crippen LogP contribution is 2.34. The average Bonchev–Trinajstić information content (AvgIpc) is 3.05. The van der Waals surface area contributed by atoms with Crippen molar-refractivity contribution in [2.24, 2.45) is 11.8 Å². The van der Waals surface area contributed by atoms with E-state index in [-0.39, 0.29) is 0 Å². The van der Waals surface area contributed by atoms with Crippen molar-refractivity contribution in [2.75, 3.05) is 43.0 Å². The molecule has 1 atom stereocenters. The highest BCUT2D eigenvalue weighted by Gasteiger charge is 2.27. The van der Waals surface area contributed by atoms with Gasteiger partial charge in [-0.1, -0.05) is 76.0 Å². The first-order chi connectivity index (χ1) is 22.3. The van der Waals surface area contributed by atoms with Gasteiger partial charge in [0.05, 0.1) is 10.7 Å². The Morgan fingerprint density at radius 3 is 2.04 bits per heavy atom. The molecular weight excluding hydrogens is 582 g/mol. The number of piperidine rings is 1. The molecule has 3 aromatic rings. The predicted octanol–water partition coefficient (Wildman–Crippen LogP) is 11.8. The molecule has 4 heteroatoms. The fourth-order valence-corrected chi connectivity index (χ4v) is 6.95. The van der Waals surface area contributed by atoms with Crippen molar-refractivity contribution >= 4 is 28.7 Å². The zero-order chi connectivity index (χ0) is 34.2. The van der Waals surface area contributed by atoms with E-state index in [0.29, 0.717) is 6.04 Å². The third-order valence-electron chi connectivity index (χ3n) is 9.40. The Kier molecular flexibility index (Phi) is 17.6. The maximum atomic E-state index is 6.57. The Morgan fingerprint density at radius 1 is 0.804 bits per heavy atom. The molecule has 2 fully saturated rings. The average molecular weight is 646 g/mol. The number of hydrogen-bond donors (Lipinski definition) is 0. The van der Waals surface area contributed by atoms with Gasteiger partial charge in [0.2, 0.25) is 0 Å². The second kappa shape index (κ2) is 20.5. The molecule has 5 rings (SSSR count). The molecule has 1 unspecified atom stereocenters. The van der Waals surface area contributed by atoms with Gasteiger partial charge in [-0.2, -0.15) is 0 Å². The molecule has 3 nitrogen and oxygen atoms in total. The van der Waals surface area contributed by atoms with Gasteiger partial charge in [-0.15, -0.1) is 13.2 Å². The van der Waals surface area contributed by atoms with Gasteiger partial charge in [0.1, 0.15) is 0 Å². The lowest BCUT2D eigenvalue weighted by Crippen LogP contribution is -2.47. The Morgan fingerprint density at radius 2 is 1.43 bits per heavy atom. The third-order valence-corrected chi connectivity index (χ3v) is 9.70. The molecule has 1 saturated carbocycles. The van der Waals surface area contributed by atoms with E-state index in [4.69, 9.17) is 11.6 Å². The largest absolute Gasteiger partial charge is 0.367 e. The van der Waals surface area contributed by atoms with Gasteiger partial charge in [0.25, 0.3) is 0 Å². The lowest BCUT2D eigenvalue weighted by molar-refractivity contribution is 0.173. The number of nitrogens with zero attached hydrogens (tertiary/aromatic N) is 3. The van der Waals surface area contributed by atoms with Crippen molar-refractivity contribution in [3.05, 3.63) is 101 Å². The van der Waals surface area contributed by atoms with Crippen LogP contribution in [0.4, 0.5) is 17.1 Å². The molecule has 3 aromatic carbocycles. The number of benzene rings is 3. The summed E-state index contributed by atoms with van der Waals surface area (Å²) in [4.78, 5) is 7.67. The van der Waals surface area contributed by atoms with Crippen molar-refractivity contribution < 1.29 is 0 Å². The van der Waals surface area contributed by atoms with Crippen molar-refractivity contribution in [2.45, 2.75) is 100.0 Å². The summed E-state index contributed by atoms with van der Waals surface area (Å²) in [7, 11) is 2.11. The second-order valence-electron chi connectivity index (χ2n) is 12.7. The van der Waals surface area contributed by atoms with Gasteiger partial charge in [0, 0.05) is 37.6 Å². The lowest BCUT2D eigenvalue weighted by atomic mass is 9.84. The highest BCUT2D eigenvalue weighted by atomic mass is 35.5. The van der Waals surface area contributed by atoms with E-state index < -0.39 is 0 Å². The molecule has 0 spiro atoms. The molecule has 1 saturated heterocycles. The zero-order valence-corrected chi connectivity index (χ0v) is 31.5. The molecule has 254 valence electrons. The van der Waals surface area contributed by atoms with Crippen LogP contribution >= 0.6 is 11.6 Å². The molecule has 0 aromatic heterocycles. The zero-order valence-electron chi connectivity index (χ0n) is 30.7. The van der Waals surface area contributed by atoms with Crippen molar-refractivity contribution in [3.8, 4) is 0 Å². The molecular formula is C42H64ClN3. The van der Waals surface area contributed by atoms with E-state index in [1.807, 2.05) is 33.8 Å². The minimum Gasteiger partial charge on any atom is -0.367 e.